The third-order valence-corrected chi connectivity index (χ3v) is 4.28. The lowest BCUT2D eigenvalue weighted by molar-refractivity contribution is 0.0935. The highest BCUT2D eigenvalue weighted by Crippen LogP contribution is 2.25. The second kappa shape index (κ2) is 9.09. The maximum absolute atomic E-state index is 12.7. The second-order valence-corrected chi connectivity index (χ2v) is 5.99. The Hall–Kier alpha value is -2.99. The molecule has 0 saturated carbocycles. The van der Waals surface area contributed by atoms with Crippen LogP contribution < -0.4 is 14.8 Å². The fourth-order valence-corrected chi connectivity index (χ4v) is 2.98. The van der Waals surface area contributed by atoms with Gasteiger partial charge in [-0.15, -0.1) is 0 Å². The number of carbonyl (C=O) groups excluding carboxylic acids is 1. The number of rotatable bonds is 9. The number of benzene rings is 2. The molecule has 0 saturated heterocycles. The molecule has 1 N–H and O–H groups in total. The zero-order valence-electron chi connectivity index (χ0n) is 15.6. The van der Waals surface area contributed by atoms with E-state index in [0.717, 1.165) is 10.9 Å². The van der Waals surface area contributed by atoms with Crippen LogP contribution in [0.1, 0.15) is 10.5 Å². The van der Waals surface area contributed by atoms with Crippen molar-refractivity contribution < 1.29 is 19.0 Å². The molecule has 1 amide bonds. The molecule has 0 fully saturated rings. The van der Waals surface area contributed by atoms with E-state index in [2.05, 4.69) is 5.32 Å². The molecule has 3 aromatic rings. The molecule has 1 aromatic heterocycles. The van der Waals surface area contributed by atoms with Crippen LogP contribution in [-0.2, 0) is 11.3 Å². The normalized spacial score (nSPS) is 10.7. The van der Waals surface area contributed by atoms with Gasteiger partial charge >= 0.3 is 0 Å². The Bertz CT molecular complexity index is 904. The van der Waals surface area contributed by atoms with Gasteiger partial charge in [-0.25, -0.2) is 0 Å². The summed E-state index contributed by atoms with van der Waals surface area (Å²) in [5.41, 5.74) is 1.63. The Kier molecular flexibility index (Phi) is 6.33. The Morgan fingerprint density at radius 3 is 2.52 bits per heavy atom. The van der Waals surface area contributed by atoms with E-state index >= 15 is 0 Å². The van der Waals surface area contributed by atoms with Crippen LogP contribution in [-0.4, -0.2) is 44.5 Å². The Morgan fingerprint density at radius 2 is 1.74 bits per heavy atom. The van der Waals surface area contributed by atoms with E-state index in [9.17, 15) is 4.79 Å². The van der Waals surface area contributed by atoms with Crippen molar-refractivity contribution in [2.24, 2.45) is 0 Å². The maximum atomic E-state index is 12.7. The van der Waals surface area contributed by atoms with Gasteiger partial charge < -0.3 is 24.1 Å². The largest absolute Gasteiger partial charge is 0.493 e. The number of fused-ring (bicyclic) bond motifs is 1. The summed E-state index contributed by atoms with van der Waals surface area (Å²) in [5, 5.41) is 3.95. The molecule has 0 spiro atoms. The first kappa shape index (κ1) is 18.8. The first-order valence-corrected chi connectivity index (χ1v) is 8.86. The van der Waals surface area contributed by atoms with Crippen LogP contribution in [0, 0.1) is 0 Å². The fourth-order valence-electron chi connectivity index (χ4n) is 2.98. The second-order valence-electron chi connectivity index (χ2n) is 5.99. The van der Waals surface area contributed by atoms with Gasteiger partial charge in [0, 0.05) is 24.6 Å². The van der Waals surface area contributed by atoms with E-state index in [-0.39, 0.29) is 5.91 Å². The average Bonchev–Trinajstić information content (AvgIpc) is 3.08. The van der Waals surface area contributed by atoms with E-state index < -0.39 is 0 Å². The summed E-state index contributed by atoms with van der Waals surface area (Å²) in [6.45, 7) is 1.90. The number of amides is 1. The van der Waals surface area contributed by atoms with Crippen LogP contribution >= 0.6 is 0 Å². The van der Waals surface area contributed by atoms with Crippen molar-refractivity contribution in [3.8, 4) is 11.5 Å². The number of aromatic nitrogens is 1. The summed E-state index contributed by atoms with van der Waals surface area (Å²) >= 11 is 0. The van der Waals surface area contributed by atoms with Gasteiger partial charge in [0.15, 0.2) is 11.5 Å². The van der Waals surface area contributed by atoms with Crippen LogP contribution in [0.5, 0.6) is 11.5 Å². The minimum Gasteiger partial charge on any atom is -0.493 e. The minimum absolute atomic E-state index is 0.133. The smallest absolute Gasteiger partial charge is 0.268 e. The van der Waals surface area contributed by atoms with E-state index in [0.29, 0.717) is 43.5 Å². The highest BCUT2D eigenvalue weighted by molar-refractivity contribution is 5.98. The SMILES string of the molecule is COCCn1c(C(=O)NCCOc2ccccc2OC)cc2ccccc21. The van der Waals surface area contributed by atoms with Crippen molar-refractivity contribution in [3.63, 3.8) is 0 Å². The van der Waals surface area contributed by atoms with Crippen molar-refractivity contribution in [1.82, 2.24) is 9.88 Å². The molecule has 0 aliphatic heterocycles. The summed E-state index contributed by atoms with van der Waals surface area (Å²) in [7, 11) is 3.25. The third kappa shape index (κ3) is 4.41. The van der Waals surface area contributed by atoms with Gasteiger partial charge in [-0.1, -0.05) is 30.3 Å². The minimum atomic E-state index is -0.133. The molecule has 27 heavy (non-hydrogen) atoms. The fraction of sp³-hybridized carbons (Fsp3) is 0.286. The molecule has 0 unspecified atom stereocenters. The quantitative estimate of drug-likeness (QED) is 0.590. The predicted octanol–water partition coefficient (Wildman–Crippen LogP) is 3.11. The summed E-state index contributed by atoms with van der Waals surface area (Å²) in [6.07, 6.45) is 0. The summed E-state index contributed by atoms with van der Waals surface area (Å²) in [6, 6.07) is 17.3. The van der Waals surface area contributed by atoms with Gasteiger partial charge in [-0.3, -0.25) is 4.79 Å². The number of hydrogen-bond donors (Lipinski definition) is 1. The molecule has 2 aromatic carbocycles. The molecular weight excluding hydrogens is 344 g/mol. The molecule has 0 atom stereocenters. The molecule has 1 heterocycles. The number of carbonyl (C=O) groups is 1. The zero-order valence-corrected chi connectivity index (χ0v) is 15.6. The lowest BCUT2D eigenvalue weighted by atomic mass is 10.2. The third-order valence-electron chi connectivity index (χ3n) is 4.28. The molecular formula is C21H24N2O4. The van der Waals surface area contributed by atoms with E-state index in [1.807, 2.05) is 59.2 Å². The molecule has 0 radical (unpaired) electrons. The number of hydrogen-bond acceptors (Lipinski definition) is 4. The molecule has 6 nitrogen and oxygen atoms in total. The van der Waals surface area contributed by atoms with Gasteiger partial charge in [0.05, 0.1) is 20.3 Å². The maximum Gasteiger partial charge on any atom is 0.268 e. The van der Waals surface area contributed by atoms with Gasteiger partial charge in [-0.2, -0.15) is 0 Å². The first-order chi connectivity index (χ1) is 13.2. The lowest BCUT2D eigenvalue weighted by Gasteiger charge is -2.12. The molecule has 3 rings (SSSR count). The summed E-state index contributed by atoms with van der Waals surface area (Å²) in [4.78, 5) is 12.7. The molecule has 142 valence electrons. The number of nitrogens with zero attached hydrogens (tertiary/aromatic N) is 1. The highest BCUT2D eigenvalue weighted by Gasteiger charge is 2.15. The molecule has 0 aliphatic carbocycles. The Balaban J connectivity index is 1.64. The van der Waals surface area contributed by atoms with Crippen molar-refractivity contribution in [1.29, 1.82) is 0 Å². The standard InChI is InChI=1S/C21H24N2O4/c1-25-14-12-23-17-8-4-3-7-16(17)15-18(23)21(24)22-11-13-27-20-10-6-5-9-19(20)26-2/h3-10,15H,11-14H2,1-2H3,(H,22,24). The Labute approximate surface area is 158 Å². The topological polar surface area (TPSA) is 61.7 Å². The molecule has 0 aliphatic rings. The number of para-hydroxylation sites is 3. The first-order valence-electron chi connectivity index (χ1n) is 8.86. The molecule has 0 bridgehead atoms. The van der Waals surface area contributed by atoms with Crippen molar-refractivity contribution in [2.75, 3.05) is 34.0 Å². The van der Waals surface area contributed by atoms with Gasteiger partial charge in [0.25, 0.3) is 5.91 Å². The number of ether oxygens (including phenoxy) is 3. The zero-order chi connectivity index (χ0) is 19.1. The van der Waals surface area contributed by atoms with Crippen molar-refractivity contribution in [2.45, 2.75) is 6.54 Å². The van der Waals surface area contributed by atoms with E-state index in [1.165, 1.54) is 0 Å². The van der Waals surface area contributed by atoms with Crippen LogP contribution in [0.3, 0.4) is 0 Å². The highest BCUT2D eigenvalue weighted by atomic mass is 16.5. The van der Waals surface area contributed by atoms with Crippen LogP contribution in [0.15, 0.2) is 54.6 Å². The molecule has 6 heteroatoms. The summed E-state index contributed by atoms with van der Waals surface area (Å²) < 4.78 is 18.1. The van der Waals surface area contributed by atoms with Crippen LogP contribution in [0.4, 0.5) is 0 Å². The van der Waals surface area contributed by atoms with Crippen LogP contribution in [0.25, 0.3) is 10.9 Å². The number of methoxy groups -OCH3 is 2. The van der Waals surface area contributed by atoms with Gasteiger partial charge in [0.2, 0.25) is 0 Å². The summed E-state index contributed by atoms with van der Waals surface area (Å²) in [5.74, 6) is 1.19. The van der Waals surface area contributed by atoms with Crippen molar-refractivity contribution >= 4 is 16.8 Å². The Morgan fingerprint density at radius 1 is 1.00 bits per heavy atom. The monoisotopic (exact) mass is 368 g/mol. The van der Waals surface area contributed by atoms with Crippen molar-refractivity contribution in [3.05, 3.63) is 60.3 Å². The average molecular weight is 368 g/mol. The lowest BCUT2D eigenvalue weighted by Crippen LogP contribution is -2.30. The van der Waals surface area contributed by atoms with Crippen LogP contribution in [0.2, 0.25) is 0 Å². The predicted molar refractivity (Wildman–Crippen MR) is 105 cm³/mol. The van der Waals surface area contributed by atoms with Gasteiger partial charge in [-0.05, 0) is 24.3 Å². The van der Waals surface area contributed by atoms with E-state index in [4.69, 9.17) is 14.2 Å². The number of nitrogens with one attached hydrogen (secondary N) is 1. The van der Waals surface area contributed by atoms with Gasteiger partial charge in [0.1, 0.15) is 12.3 Å². The van der Waals surface area contributed by atoms with E-state index in [1.54, 1.807) is 14.2 Å².